The maximum absolute atomic E-state index is 8.96. The van der Waals surface area contributed by atoms with Crippen LogP contribution in [-0.4, -0.2) is 23.4 Å². The lowest BCUT2D eigenvalue weighted by Gasteiger charge is -2.08. The van der Waals surface area contributed by atoms with E-state index in [1.807, 2.05) is 48.5 Å². The summed E-state index contributed by atoms with van der Waals surface area (Å²) in [5.74, 6) is 1.63. The lowest BCUT2D eigenvalue weighted by atomic mass is 10.2. The molecule has 0 spiro atoms. The molecule has 0 saturated heterocycles. The molecule has 0 aliphatic carbocycles. The topological polar surface area (TPSA) is 58.9 Å². The standard InChI is InChI=1S/C18H22O4/c19-13-15-3-7-17(8-4-15)21-11-1-2-12-22-18-9-5-16(14-20)6-10-18/h3-10,19-20H,1-2,11-14H2. The van der Waals surface area contributed by atoms with Gasteiger partial charge in [-0.25, -0.2) is 0 Å². The minimum absolute atomic E-state index is 0.0525. The molecular weight excluding hydrogens is 280 g/mol. The number of unbranched alkanes of at least 4 members (excludes halogenated alkanes) is 1. The molecule has 22 heavy (non-hydrogen) atoms. The number of benzene rings is 2. The third kappa shape index (κ3) is 5.39. The first kappa shape index (κ1) is 16.3. The van der Waals surface area contributed by atoms with E-state index in [0.717, 1.165) is 35.5 Å². The Morgan fingerprint density at radius 2 is 0.955 bits per heavy atom. The van der Waals surface area contributed by atoms with E-state index in [9.17, 15) is 0 Å². The van der Waals surface area contributed by atoms with Crippen molar-refractivity contribution in [3.05, 3.63) is 59.7 Å². The van der Waals surface area contributed by atoms with Gasteiger partial charge in [0.25, 0.3) is 0 Å². The molecule has 0 aromatic heterocycles. The van der Waals surface area contributed by atoms with Crippen LogP contribution < -0.4 is 9.47 Å². The van der Waals surface area contributed by atoms with E-state index in [1.165, 1.54) is 0 Å². The maximum Gasteiger partial charge on any atom is 0.119 e. The molecule has 0 bridgehead atoms. The quantitative estimate of drug-likeness (QED) is 0.699. The smallest absolute Gasteiger partial charge is 0.119 e. The van der Waals surface area contributed by atoms with E-state index >= 15 is 0 Å². The first-order valence-electron chi connectivity index (χ1n) is 7.47. The summed E-state index contributed by atoms with van der Waals surface area (Å²) in [7, 11) is 0. The molecule has 0 aliphatic heterocycles. The van der Waals surface area contributed by atoms with Gasteiger partial charge in [-0.05, 0) is 48.2 Å². The Hall–Kier alpha value is -2.04. The second-order valence-electron chi connectivity index (χ2n) is 5.01. The third-order valence-electron chi connectivity index (χ3n) is 3.29. The van der Waals surface area contributed by atoms with Crippen LogP contribution in [0.5, 0.6) is 11.5 Å². The van der Waals surface area contributed by atoms with Gasteiger partial charge in [-0.3, -0.25) is 0 Å². The summed E-state index contributed by atoms with van der Waals surface area (Å²) in [6, 6.07) is 14.9. The molecule has 118 valence electrons. The van der Waals surface area contributed by atoms with Gasteiger partial charge < -0.3 is 19.7 Å². The first-order valence-corrected chi connectivity index (χ1v) is 7.47. The molecule has 2 aromatic carbocycles. The zero-order valence-electron chi connectivity index (χ0n) is 12.6. The van der Waals surface area contributed by atoms with Crippen LogP contribution in [0.25, 0.3) is 0 Å². The van der Waals surface area contributed by atoms with E-state index < -0.39 is 0 Å². The van der Waals surface area contributed by atoms with E-state index in [2.05, 4.69) is 0 Å². The number of hydrogen-bond donors (Lipinski definition) is 2. The lowest BCUT2D eigenvalue weighted by molar-refractivity contribution is 0.265. The summed E-state index contributed by atoms with van der Waals surface area (Å²) in [5, 5.41) is 17.9. The molecule has 0 atom stereocenters. The Balaban J connectivity index is 1.58. The van der Waals surface area contributed by atoms with E-state index in [1.54, 1.807) is 0 Å². The highest BCUT2D eigenvalue weighted by Gasteiger charge is 1.97. The van der Waals surface area contributed by atoms with Crippen molar-refractivity contribution in [2.75, 3.05) is 13.2 Å². The predicted molar refractivity (Wildman–Crippen MR) is 85.0 cm³/mol. The Labute approximate surface area is 130 Å². The van der Waals surface area contributed by atoms with Crippen molar-refractivity contribution in [2.24, 2.45) is 0 Å². The Kier molecular flexibility index (Phi) is 6.74. The largest absolute Gasteiger partial charge is 0.494 e. The molecule has 0 amide bonds. The van der Waals surface area contributed by atoms with Gasteiger partial charge >= 0.3 is 0 Å². The minimum atomic E-state index is 0.0525. The number of rotatable bonds is 9. The number of ether oxygens (including phenoxy) is 2. The molecule has 0 radical (unpaired) electrons. The fraction of sp³-hybridized carbons (Fsp3) is 0.333. The van der Waals surface area contributed by atoms with Crippen molar-refractivity contribution >= 4 is 0 Å². The molecule has 2 aromatic rings. The molecule has 0 aliphatic rings. The van der Waals surface area contributed by atoms with Gasteiger partial charge in [-0.1, -0.05) is 24.3 Å². The molecule has 4 nitrogen and oxygen atoms in total. The van der Waals surface area contributed by atoms with Gasteiger partial charge in [0.1, 0.15) is 11.5 Å². The van der Waals surface area contributed by atoms with Crippen LogP contribution in [0.3, 0.4) is 0 Å². The minimum Gasteiger partial charge on any atom is -0.494 e. The van der Waals surface area contributed by atoms with E-state index in [4.69, 9.17) is 19.7 Å². The van der Waals surface area contributed by atoms with Gasteiger partial charge in [-0.2, -0.15) is 0 Å². The summed E-state index contributed by atoms with van der Waals surface area (Å²) < 4.78 is 11.2. The van der Waals surface area contributed by atoms with Gasteiger partial charge in [0.15, 0.2) is 0 Å². The van der Waals surface area contributed by atoms with Crippen molar-refractivity contribution in [1.82, 2.24) is 0 Å². The highest BCUT2D eigenvalue weighted by atomic mass is 16.5. The number of hydrogen-bond acceptors (Lipinski definition) is 4. The molecule has 0 unspecified atom stereocenters. The van der Waals surface area contributed by atoms with E-state index in [0.29, 0.717) is 13.2 Å². The summed E-state index contributed by atoms with van der Waals surface area (Å²) in [6.45, 7) is 1.39. The molecule has 0 heterocycles. The van der Waals surface area contributed by atoms with Crippen molar-refractivity contribution in [1.29, 1.82) is 0 Å². The Bertz CT molecular complexity index is 483. The summed E-state index contributed by atoms with van der Waals surface area (Å²) in [5.41, 5.74) is 1.76. The molecule has 0 fully saturated rings. The second-order valence-corrected chi connectivity index (χ2v) is 5.01. The first-order chi connectivity index (χ1) is 10.8. The van der Waals surface area contributed by atoms with Crippen LogP contribution in [0.15, 0.2) is 48.5 Å². The van der Waals surface area contributed by atoms with Crippen molar-refractivity contribution < 1.29 is 19.7 Å². The lowest BCUT2D eigenvalue weighted by Crippen LogP contribution is -2.02. The van der Waals surface area contributed by atoms with Gasteiger partial charge in [0.05, 0.1) is 26.4 Å². The van der Waals surface area contributed by atoms with Crippen LogP contribution in [0.4, 0.5) is 0 Å². The molecule has 0 saturated carbocycles. The van der Waals surface area contributed by atoms with Crippen LogP contribution in [-0.2, 0) is 13.2 Å². The fourth-order valence-electron chi connectivity index (χ4n) is 1.97. The average molecular weight is 302 g/mol. The number of aliphatic hydroxyl groups excluding tert-OH is 2. The van der Waals surface area contributed by atoms with Gasteiger partial charge in [-0.15, -0.1) is 0 Å². The summed E-state index contributed by atoms with van der Waals surface area (Å²) >= 11 is 0. The SMILES string of the molecule is OCc1ccc(OCCCCOc2ccc(CO)cc2)cc1. The second kappa shape index (κ2) is 9.07. The fourth-order valence-corrected chi connectivity index (χ4v) is 1.97. The molecule has 2 N–H and O–H groups in total. The summed E-state index contributed by atoms with van der Waals surface area (Å²) in [4.78, 5) is 0. The van der Waals surface area contributed by atoms with E-state index in [-0.39, 0.29) is 13.2 Å². The third-order valence-corrected chi connectivity index (χ3v) is 3.29. The molecule has 4 heteroatoms. The highest BCUT2D eigenvalue weighted by molar-refractivity contribution is 5.27. The number of aliphatic hydroxyl groups is 2. The predicted octanol–water partition coefficient (Wildman–Crippen LogP) is 2.91. The van der Waals surface area contributed by atoms with Crippen molar-refractivity contribution in [3.63, 3.8) is 0 Å². The van der Waals surface area contributed by atoms with Gasteiger partial charge in [0.2, 0.25) is 0 Å². The Morgan fingerprint density at radius 3 is 1.27 bits per heavy atom. The zero-order chi connectivity index (χ0) is 15.6. The molecular formula is C18H22O4. The average Bonchev–Trinajstić information content (AvgIpc) is 2.59. The van der Waals surface area contributed by atoms with Crippen molar-refractivity contribution in [2.45, 2.75) is 26.1 Å². The van der Waals surface area contributed by atoms with Gasteiger partial charge in [0, 0.05) is 0 Å². The molecule has 2 rings (SSSR count). The van der Waals surface area contributed by atoms with Crippen LogP contribution in [0, 0.1) is 0 Å². The van der Waals surface area contributed by atoms with Crippen LogP contribution in [0.2, 0.25) is 0 Å². The highest BCUT2D eigenvalue weighted by Crippen LogP contribution is 2.14. The zero-order valence-corrected chi connectivity index (χ0v) is 12.6. The Morgan fingerprint density at radius 1 is 0.591 bits per heavy atom. The van der Waals surface area contributed by atoms with Crippen LogP contribution in [0.1, 0.15) is 24.0 Å². The van der Waals surface area contributed by atoms with Crippen molar-refractivity contribution in [3.8, 4) is 11.5 Å². The monoisotopic (exact) mass is 302 g/mol. The normalized spacial score (nSPS) is 10.5. The maximum atomic E-state index is 8.96. The van der Waals surface area contributed by atoms with Crippen LogP contribution >= 0.6 is 0 Å². The summed E-state index contributed by atoms with van der Waals surface area (Å²) in [6.07, 6.45) is 1.83.